The number of carbonyl (C=O) groups is 3. The van der Waals surface area contributed by atoms with Crippen molar-refractivity contribution in [3.8, 4) is 34.5 Å². The Kier molecular flexibility index (Phi) is 19.4. The lowest BCUT2D eigenvalue weighted by molar-refractivity contribution is -0.138. The van der Waals surface area contributed by atoms with E-state index >= 15 is 0 Å². The lowest BCUT2D eigenvalue weighted by Gasteiger charge is -2.14. The molecule has 3 unspecified atom stereocenters. The van der Waals surface area contributed by atoms with Gasteiger partial charge < -0.3 is 30.2 Å². The topological polar surface area (TPSA) is 257 Å². The first-order chi connectivity index (χ1) is 45.2. The number of hydrogen-bond donors (Lipinski definition) is 4. The van der Waals surface area contributed by atoms with Crippen molar-refractivity contribution >= 4 is 50.0 Å². The fourth-order valence-electron chi connectivity index (χ4n) is 9.43. The van der Waals surface area contributed by atoms with Gasteiger partial charge in [0, 0.05) is 39.9 Å². The highest BCUT2D eigenvalue weighted by Gasteiger charge is 2.32. The number of alkyl halides is 9. The molecular formula is C65H52F9N15O6. The van der Waals surface area contributed by atoms with Gasteiger partial charge in [0.2, 0.25) is 0 Å². The number of aromatic nitrogens is 12. The number of H-pyrrole nitrogens is 1. The fourth-order valence-corrected chi connectivity index (χ4v) is 9.43. The Labute approximate surface area is 532 Å². The molecular weight excluding hydrogens is 1260 g/mol. The van der Waals surface area contributed by atoms with Gasteiger partial charge >= 0.3 is 18.5 Å². The third kappa shape index (κ3) is 16.4. The third-order valence-electron chi connectivity index (χ3n) is 14.3. The van der Waals surface area contributed by atoms with Crippen molar-refractivity contribution in [2.24, 2.45) is 14.1 Å². The van der Waals surface area contributed by atoms with E-state index in [1.54, 1.807) is 126 Å². The number of halogens is 9. The molecule has 3 amide bonds. The summed E-state index contributed by atoms with van der Waals surface area (Å²) in [6.45, 7) is 5.27. The minimum Gasteiger partial charge on any atom is -0.457 e. The molecule has 3 atom stereocenters. The van der Waals surface area contributed by atoms with E-state index in [0.717, 1.165) is 57.9 Å². The Balaban J connectivity index is 0.000000155. The predicted molar refractivity (Wildman–Crippen MR) is 326 cm³/mol. The second-order valence-electron chi connectivity index (χ2n) is 21.1. The standard InChI is InChI=1S/2C22H18F3N5O2.C21H16F3N5O2/c1-13(20-27-28-29-30(20)2)26-21(31)15-6-11-18-14(12-15)4-3-5-19(18)32-17-9-7-16(8-10-17)22(23,24)25;1-13(20-27-29-30(2)28-20)26-21(31)15-6-11-18-14(12-15)4-3-5-19(18)32-17-9-7-16(8-10-17)22(23,24)25;1-12(19-26-28-29-27-19)25-20(30)14-5-10-17-13(11-14)3-2-4-18(17)31-16-8-6-15(7-9-16)21(22,23)24/h2*3-13H,1-2H3,(H,26,31);2-12H,1H3,(H,25,30)(H,26,27,28,29). The first-order valence-corrected chi connectivity index (χ1v) is 28.5. The number of carbonyl (C=O) groups excluding carboxylic acids is 3. The van der Waals surface area contributed by atoms with E-state index in [-0.39, 0.29) is 35.0 Å². The zero-order valence-corrected chi connectivity index (χ0v) is 50.3. The monoisotopic (exact) mass is 1310 g/mol. The molecule has 95 heavy (non-hydrogen) atoms. The first-order valence-electron chi connectivity index (χ1n) is 28.5. The molecule has 12 aromatic rings. The van der Waals surface area contributed by atoms with Gasteiger partial charge in [0.25, 0.3) is 17.7 Å². The molecule has 0 bridgehead atoms. The molecule has 0 aliphatic carbocycles. The van der Waals surface area contributed by atoms with Crippen LogP contribution in [0.4, 0.5) is 39.5 Å². The van der Waals surface area contributed by atoms with Crippen LogP contribution in [0.25, 0.3) is 32.3 Å². The fraction of sp³-hybridized carbons (Fsp3) is 0.169. The van der Waals surface area contributed by atoms with Crippen LogP contribution in [0, 0.1) is 0 Å². The van der Waals surface area contributed by atoms with Gasteiger partial charge in [-0.05, 0) is 198 Å². The van der Waals surface area contributed by atoms with Crippen LogP contribution in [-0.4, -0.2) is 78.8 Å². The molecule has 12 rings (SSSR count). The summed E-state index contributed by atoms with van der Waals surface area (Å²) >= 11 is 0. The molecule has 486 valence electrons. The van der Waals surface area contributed by atoms with Gasteiger partial charge in [-0.25, -0.2) is 4.68 Å². The normalized spacial score (nSPS) is 12.5. The van der Waals surface area contributed by atoms with E-state index in [9.17, 15) is 53.9 Å². The molecule has 30 heteroatoms. The number of nitrogens with one attached hydrogen (secondary N) is 4. The Morgan fingerprint density at radius 3 is 1.13 bits per heavy atom. The summed E-state index contributed by atoms with van der Waals surface area (Å²) in [5.74, 6) is 2.59. The molecule has 0 fully saturated rings. The minimum atomic E-state index is -4.41. The van der Waals surface area contributed by atoms with Crippen LogP contribution in [0.15, 0.2) is 182 Å². The third-order valence-corrected chi connectivity index (χ3v) is 14.3. The molecule has 3 aromatic heterocycles. The molecule has 3 heterocycles. The van der Waals surface area contributed by atoms with Crippen LogP contribution < -0.4 is 30.2 Å². The molecule has 0 saturated heterocycles. The maximum absolute atomic E-state index is 12.8. The molecule has 0 saturated carbocycles. The number of rotatable bonds is 15. The van der Waals surface area contributed by atoms with Crippen LogP contribution in [0.2, 0.25) is 0 Å². The van der Waals surface area contributed by atoms with Crippen LogP contribution >= 0.6 is 0 Å². The number of tetrazole rings is 3. The Morgan fingerprint density at radius 2 is 0.811 bits per heavy atom. The van der Waals surface area contributed by atoms with Crippen LogP contribution in [0.3, 0.4) is 0 Å². The lowest BCUT2D eigenvalue weighted by atomic mass is 10.1. The van der Waals surface area contributed by atoms with Crippen molar-refractivity contribution in [3.05, 3.63) is 233 Å². The number of benzene rings is 9. The highest BCUT2D eigenvalue weighted by Crippen LogP contribution is 2.38. The van der Waals surface area contributed by atoms with Crippen LogP contribution in [0.1, 0.15) is 104 Å². The largest absolute Gasteiger partial charge is 0.457 e. The maximum Gasteiger partial charge on any atom is 0.416 e. The highest BCUT2D eigenvalue weighted by molar-refractivity contribution is 6.02. The number of nitrogens with zero attached hydrogens (tertiary/aromatic N) is 11. The SMILES string of the molecule is CC(NC(=O)c1ccc2c(Oc3ccc(C(F)(F)F)cc3)cccc2c1)c1nn[nH]n1.CC(NC(=O)c1ccc2c(Oc3ccc(C(F)(F)F)cc3)cccc2c1)c1nnn(C)n1.CC(NC(=O)c1ccc2c(Oc3ccc(C(F)(F)F)cc3)cccc2c1)c1nnnn1C. The Bertz CT molecular complexity index is 4680. The van der Waals surface area contributed by atoms with E-state index < -0.39 is 53.3 Å². The smallest absolute Gasteiger partial charge is 0.416 e. The van der Waals surface area contributed by atoms with Gasteiger partial charge in [-0.3, -0.25) is 14.4 Å². The maximum atomic E-state index is 12.8. The van der Waals surface area contributed by atoms with E-state index in [2.05, 4.69) is 67.5 Å². The van der Waals surface area contributed by atoms with Crippen molar-refractivity contribution in [3.63, 3.8) is 0 Å². The Morgan fingerprint density at radius 1 is 0.442 bits per heavy atom. The van der Waals surface area contributed by atoms with Gasteiger partial charge in [0.05, 0.1) is 41.9 Å². The minimum absolute atomic E-state index is 0.274. The first kappa shape index (κ1) is 66.1. The van der Waals surface area contributed by atoms with Crippen molar-refractivity contribution in [1.82, 2.24) is 77.0 Å². The second kappa shape index (κ2) is 27.9. The molecule has 4 N–H and O–H groups in total. The van der Waals surface area contributed by atoms with Crippen molar-refractivity contribution in [2.45, 2.75) is 57.4 Å². The summed E-state index contributed by atoms with van der Waals surface area (Å²) in [5.41, 5.74) is -0.946. The number of amides is 3. The lowest BCUT2D eigenvalue weighted by Crippen LogP contribution is -2.28. The van der Waals surface area contributed by atoms with Gasteiger partial charge in [0.15, 0.2) is 17.5 Å². The number of aromatic amines is 1. The van der Waals surface area contributed by atoms with E-state index in [0.29, 0.717) is 62.2 Å². The summed E-state index contributed by atoms with van der Waals surface area (Å²) in [5, 5.41) is 49.3. The molecule has 0 radical (unpaired) electrons. The van der Waals surface area contributed by atoms with Crippen molar-refractivity contribution in [1.29, 1.82) is 0 Å². The van der Waals surface area contributed by atoms with E-state index in [1.165, 1.54) is 45.9 Å². The summed E-state index contributed by atoms with van der Waals surface area (Å²) < 4.78 is 134. The number of ether oxygens (including phenoxy) is 3. The number of fused-ring (bicyclic) bond motifs is 3. The molecule has 21 nitrogen and oxygen atoms in total. The van der Waals surface area contributed by atoms with Gasteiger partial charge in [-0.1, -0.05) is 41.6 Å². The number of hydrogen-bond acceptors (Lipinski definition) is 15. The number of aryl methyl sites for hydroxylation is 2. The van der Waals surface area contributed by atoms with Gasteiger partial charge in [-0.15, -0.1) is 25.5 Å². The molecule has 0 aliphatic heterocycles. The van der Waals surface area contributed by atoms with Crippen molar-refractivity contribution in [2.75, 3.05) is 0 Å². The second-order valence-corrected chi connectivity index (χ2v) is 21.1. The average Bonchev–Trinajstić information content (AvgIpc) is 1.29. The zero-order chi connectivity index (χ0) is 67.8. The summed E-state index contributed by atoms with van der Waals surface area (Å²) in [4.78, 5) is 39.2. The Hall–Kier alpha value is -11.9. The zero-order valence-electron chi connectivity index (χ0n) is 50.3. The van der Waals surface area contributed by atoms with E-state index in [4.69, 9.17) is 14.2 Å². The predicted octanol–water partition coefficient (Wildman–Crippen LogP) is 14.0. The van der Waals surface area contributed by atoms with Crippen LogP contribution in [0.5, 0.6) is 34.5 Å². The van der Waals surface area contributed by atoms with Crippen molar-refractivity contribution < 1.29 is 68.1 Å². The molecule has 9 aromatic carbocycles. The molecule has 0 aliphatic rings. The summed E-state index contributed by atoms with van der Waals surface area (Å²) in [7, 11) is 3.32. The van der Waals surface area contributed by atoms with E-state index in [1.807, 2.05) is 18.2 Å². The summed E-state index contributed by atoms with van der Waals surface area (Å²) in [6, 6.07) is 43.2. The van der Waals surface area contributed by atoms with Crippen LogP contribution in [-0.2, 0) is 32.6 Å². The summed E-state index contributed by atoms with van der Waals surface area (Å²) in [6.07, 6.45) is -13.2. The highest BCUT2D eigenvalue weighted by atomic mass is 19.4. The van der Waals surface area contributed by atoms with Gasteiger partial charge in [0.1, 0.15) is 34.5 Å². The molecule has 0 spiro atoms. The quantitative estimate of drug-likeness (QED) is 0.0696. The average molecular weight is 1310 g/mol. The van der Waals surface area contributed by atoms with Gasteiger partial charge in [-0.2, -0.15) is 49.5 Å².